The summed E-state index contributed by atoms with van der Waals surface area (Å²) in [4.78, 5) is 26.8. The van der Waals surface area contributed by atoms with Gasteiger partial charge in [-0.2, -0.15) is 16.9 Å². The van der Waals surface area contributed by atoms with Crippen molar-refractivity contribution in [3.8, 4) is 5.69 Å². The molecule has 0 atom stereocenters. The topological polar surface area (TPSA) is 67.2 Å². The summed E-state index contributed by atoms with van der Waals surface area (Å²) in [6.45, 7) is 5.04. The van der Waals surface area contributed by atoms with Gasteiger partial charge in [0.15, 0.2) is 0 Å². The Morgan fingerprint density at radius 2 is 1.85 bits per heavy atom. The zero-order chi connectivity index (χ0) is 19.4. The van der Waals surface area contributed by atoms with Crippen molar-refractivity contribution in [3.05, 3.63) is 41.3 Å². The molecule has 27 heavy (non-hydrogen) atoms. The van der Waals surface area contributed by atoms with Gasteiger partial charge in [0.05, 0.1) is 11.4 Å². The molecule has 144 valence electrons. The number of carbonyl (C=O) groups excluding carboxylic acids is 2. The molecule has 0 spiro atoms. The van der Waals surface area contributed by atoms with Crippen LogP contribution in [-0.2, 0) is 21.1 Å². The van der Waals surface area contributed by atoms with Crippen molar-refractivity contribution < 1.29 is 14.0 Å². The molecule has 2 heterocycles. The lowest BCUT2D eigenvalue weighted by Gasteiger charge is -2.21. The quantitative estimate of drug-likeness (QED) is 0.768. The Morgan fingerprint density at radius 1 is 1.19 bits per heavy atom. The van der Waals surface area contributed by atoms with Crippen LogP contribution in [0.15, 0.2) is 24.3 Å². The van der Waals surface area contributed by atoms with Crippen molar-refractivity contribution in [1.29, 1.82) is 0 Å². The third-order valence-electron chi connectivity index (χ3n) is 4.32. The fourth-order valence-electron chi connectivity index (χ4n) is 3.07. The van der Waals surface area contributed by atoms with E-state index in [1.165, 1.54) is 12.1 Å². The number of benzene rings is 1. The minimum absolute atomic E-state index is 0.343. The second-order valence-corrected chi connectivity index (χ2v) is 7.39. The molecule has 2 aromatic rings. The Morgan fingerprint density at radius 3 is 2.48 bits per heavy atom. The summed E-state index contributed by atoms with van der Waals surface area (Å²) in [5.74, 6) is 0.411. The van der Waals surface area contributed by atoms with E-state index in [-0.39, 0.29) is 5.82 Å². The lowest BCUT2D eigenvalue weighted by Crippen LogP contribution is -2.41. The molecule has 6 nitrogen and oxygen atoms in total. The van der Waals surface area contributed by atoms with E-state index >= 15 is 0 Å². The molecule has 1 aromatic heterocycles. The maximum absolute atomic E-state index is 13.3. The maximum atomic E-state index is 13.3. The minimum atomic E-state index is -0.667. The third-order valence-corrected chi connectivity index (χ3v) is 5.29. The lowest BCUT2D eigenvalue weighted by atomic mass is 10.2. The maximum Gasteiger partial charge on any atom is 0.315 e. The van der Waals surface area contributed by atoms with Crippen LogP contribution in [0, 0.1) is 5.82 Å². The van der Waals surface area contributed by atoms with Gasteiger partial charge in [0.1, 0.15) is 11.6 Å². The summed E-state index contributed by atoms with van der Waals surface area (Å²) in [6, 6.07) is 5.89. The Balaban J connectivity index is 1.88. The standard InChI is InChI=1S/C19H23FN4O2S/c1-3-9-23(10-4-2)19(26)18(25)21-17-15-11-27-12-16(15)22-24(17)14-7-5-13(20)6-8-14/h5-8H,3-4,9-12H2,1-2H3,(H,21,25). The Labute approximate surface area is 162 Å². The molecule has 2 amide bonds. The van der Waals surface area contributed by atoms with Crippen LogP contribution in [0.25, 0.3) is 5.69 Å². The van der Waals surface area contributed by atoms with Crippen molar-refractivity contribution in [2.24, 2.45) is 0 Å². The van der Waals surface area contributed by atoms with Crippen molar-refractivity contribution in [3.63, 3.8) is 0 Å². The summed E-state index contributed by atoms with van der Waals surface area (Å²) < 4.78 is 14.8. The van der Waals surface area contributed by atoms with Gasteiger partial charge in [-0.15, -0.1) is 0 Å². The summed E-state index contributed by atoms with van der Waals surface area (Å²) in [5.41, 5.74) is 2.44. The average molecular weight is 390 g/mol. The molecule has 3 rings (SSSR count). The van der Waals surface area contributed by atoms with E-state index in [0.717, 1.165) is 29.9 Å². The first-order chi connectivity index (χ1) is 13.0. The van der Waals surface area contributed by atoms with Gasteiger partial charge in [0, 0.05) is 30.2 Å². The molecule has 1 aliphatic rings. The normalized spacial score (nSPS) is 12.7. The van der Waals surface area contributed by atoms with Crippen LogP contribution in [0.4, 0.5) is 10.2 Å². The number of aromatic nitrogens is 2. The minimum Gasteiger partial charge on any atom is -0.334 e. The average Bonchev–Trinajstić information content (AvgIpc) is 3.24. The summed E-state index contributed by atoms with van der Waals surface area (Å²) in [5, 5.41) is 7.32. The van der Waals surface area contributed by atoms with Crippen LogP contribution in [-0.4, -0.2) is 39.6 Å². The number of halogens is 1. The number of nitrogens with one attached hydrogen (secondary N) is 1. The highest BCUT2D eigenvalue weighted by Crippen LogP contribution is 2.36. The van der Waals surface area contributed by atoms with E-state index in [9.17, 15) is 14.0 Å². The second kappa shape index (κ2) is 8.56. The van der Waals surface area contributed by atoms with Crippen LogP contribution >= 0.6 is 11.8 Å². The highest BCUT2D eigenvalue weighted by atomic mass is 32.2. The zero-order valence-corrected chi connectivity index (χ0v) is 16.3. The summed E-state index contributed by atoms with van der Waals surface area (Å²) >= 11 is 1.71. The first-order valence-electron chi connectivity index (χ1n) is 9.09. The Kier molecular flexibility index (Phi) is 6.15. The summed E-state index contributed by atoms with van der Waals surface area (Å²) in [6.07, 6.45) is 1.58. The van der Waals surface area contributed by atoms with Gasteiger partial charge in [0.25, 0.3) is 0 Å². The number of carbonyl (C=O) groups is 2. The van der Waals surface area contributed by atoms with Crippen molar-refractivity contribution in [1.82, 2.24) is 14.7 Å². The van der Waals surface area contributed by atoms with Gasteiger partial charge >= 0.3 is 11.8 Å². The monoisotopic (exact) mass is 390 g/mol. The van der Waals surface area contributed by atoms with Crippen molar-refractivity contribution in [2.45, 2.75) is 38.2 Å². The van der Waals surface area contributed by atoms with Gasteiger partial charge in [-0.05, 0) is 37.1 Å². The molecule has 0 saturated heterocycles. The number of thioether (sulfide) groups is 1. The van der Waals surface area contributed by atoms with Crippen LogP contribution < -0.4 is 5.32 Å². The number of nitrogens with zero attached hydrogens (tertiary/aromatic N) is 3. The molecule has 0 radical (unpaired) electrons. The highest BCUT2D eigenvalue weighted by molar-refractivity contribution is 7.98. The van der Waals surface area contributed by atoms with Gasteiger partial charge < -0.3 is 10.2 Å². The van der Waals surface area contributed by atoms with E-state index in [2.05, 4.69) is 10.4 Å². The molecule has 0 unspecified atom stereocenters. The predicted octanol–water partition coefficient (Wildman–Crippen LogP) is 3.35. The van der Waals surface area contributed by atoms with E-state index in [0.29, 0.717) is 30.3 Å². The van der Waals surface area contributed by atoms with Gasteiger partial charge in [-0.1, -0.05) is 13.8 Å². The molecule has 0 aliphatic carbocycles. The van der Waals surface area contributed by atoms with E-state index in [1.54, 1.807) is 33.5 Å². The van der Waals surface area contributed by atoms with Crippen molar-refractivity contribution in [2.75, 3.05) is 18.4 Å². The van der Waals surface area contributed by atoms with Crippen LogP contribution in [0.1, 0.15) is 37.9 Å². The number of fused-ring (bicyclic) bond motifs is 1. The molecule has 1 aromatic carbocycles. The van der Waals surface area contributed by atoms with Gasteiger partial charge in [0.2, 0.25) is 0 Å². The smallest absolute Gasteiger partial charge is 0.315 e. The number of amides is 2. The number of anilines is 1. The van der Waals surface area contributed by atoms with Gasteiger partial charge in [-0.3, -0.25) is 9.59 Å². The van der Waals surface area contributed by atoms with Gasteiger partial charge in [-0.25, -0.2) is 9.07 Å². The second-order valence-electron chi connectivity index (χ2n) is 6.40. The fourth-order valence-corrected chi connectivity index (χ4v) is 4.10. The van der Waals surface area contributed by atoms with Crippen LogP contribution in [0.5, 0.6) is 0 Å². The SMILES string of the molecule is CCCN(CCC)C(=O)C(=O)Nc1c2c(nn1-c1ccc(F)cc1)CSC2. The Hall–Kier alpha value is -2.35. The summed E-state index contributed by atoms with van der Waals surface area (Å²) in [7, 11) is 0. The largest absolute Gasteiger partial charge is 0.334 e. The molecule has 8 heteroatoms. The first-order valence-corrected chi connectivity index (χ1v) is 10.2. The number of rotatable bonds is 6. The lowest BCUT2D eigenvalue weighted by molar-refractivity contribution is -0.143. The first kappa shape index (κ1) is 19.4. The molecule has 1 N–H and O–H groups in total. The van der Waals surface area contributed by atoms with E-state index in [1.807, 2.05) is 13.8 Å². The molecular weight excluding hydrogens is 367 g/mol. The molecule has 1 aliphatic heterocycles. The van der Waals surface area contributed by atoms with E-state index < -0.39 is 11.8 Å². The number of hydrogen-bond acceptors (Lipinski definition) is 4. The molecular formula is C19H23FN4O2S. The molecule has 0 bridgehead atoms. The predicted molar refractivity (Wildman–Crippen MR) is 104 cm³/mol. The van der Waals surface area contributed by atoms with Crippen LogP contribution in [0.3, 0.4) is 0 Å². The zero-order valence-electron chi connectivity index (χ0n) is 15.5. The van der Waals surface area contributed by atoms with E-state index in [4.69, 9.17) is 0 Å². The fraction of sp³-hybridized carbons (Fsp3) is 0.421. The highest BCUT2D eigenvalue weighted by Gasteiger charge is 2.28. The Bertz CT molecular complexity index is 829. The molecule has 0 fully saturated rings. The molecule has 0 saturated carbocycles. The number of hydrogen-bond donors (Lipinski definition) is 1. The van der Waals surface area contributed by atoms with Crippen molar-refractivity contribution >= 4 is 29.4 Å². The van der Waals surface area contributed by atoms with Crippen LogP contribution in [0.2, 0.25) is 0 Å². The third kappa shape index (κ3) is 4.16.